The van der Waals surface area contributed by atoms with Crippen LogP contribution in [0.2, 0.25) is 5.02 Å². The van der Waals surface area contributed by atoms with Crippen LogP contribution in [0.15, 0.2) is 91.3 Å². The predicted molar refractivity (Wildman–Crippen MR) is 145 cm³/mol. The van der Waals surface area contributed by atoms with Gasteiger partial charge in [0.25, 0.3) is 0 Å². The summed E-state index contributed by atoms with van der Waals surface area (Å²) in [6.45, 7) is 0. The highest BCUT2D eigenvalue weighted by molar-refractivity contribution is 6.30. The van der Waals surface area contributed by atoms with E-state index in [0.717, 1.165) is 60.1 Å². The largest absolute Gasteiger partial charge is 0.256 e. The molecule has 0 atom stereocenters. The number of halogens is 5. The Balaban J connectivity index is 1.20. The average molecular weight is 547 g/mol. The van der Waals surface area contributed by atoms with Crippen molar-refractivity contribution in [2.75, 3.05) is 0 Å². The zero-order chi connectivity index (χ0) is 27.4. The fourth-order valence-corrected chi connectivity index (χ4v) is 4.72. The predicted octanol–water partition coefficient (Wildman–Crippen LogP) is 8.59. The van der Waals surface area contributed by atoms with Crippen molar-refractivity contribution in [3.63, 3.8) is 0 Å². The van der Waals surface area contributed by atoms with E-state index in [9.17, 15) is 17.6 Å². The summed E-state index contributed by atoms with van der Waals surface area (Å²) in [7, 11) is 0. The molecular formula is C32H23ClF4N2. The Labute approximate surface area is 229 Å². The molecule has 0 N–H and O–H groups in total. The molecule has 3 aromatic carbocycles. The van der Waals surface area contributed by atoms with Crippen LogP contribution in [-0.4, -0.2) is 9.97 Å². The molecule has 0 aliphatic carbocycles. The van der Waals surface area contributed by atoms with Crippen LogP contribution in [0.25, 0.3) is 22.5 Å². The summed E-state index contributed by atoms with van der Waals surface area (Å²) in [6.07, 6.45) is 6.36. The Morgan fingerprint density at radius 3 is 1.31 bits per heavy atom. The minimum absolute atomic E-state index is 0.259. The van der Waals surface area contributed by atoms with E-state index in [-0.39, 0.29) is 11.1 Å². The zero-order valence-corrected chi connectivity index (χ0v) is 21.5. The number of rotatable bonds is 8. The Morgan fingerprint density at radius 1 is 0.487 bits per heavy atom. The van der Waals surface area contributed by atoms with Crippen LogP contribution in [-0.2, 0) is 25.7 Å². The first-order valence-corrected chi connectivity index (χ1v) is 12.8. The lowest BCUT2D eigenvalue weighted by molar-refractivity contribution is 0.584. The number of hydrogen-bond donors (Lipinski definition) is 0. The SMILES string of the molecule is Fc1ccc(-c2ccc(CCc3cc(Cl)cc(CCc4ccc(-c5ccc(F)cc5F)nc4)c3)cn2)c(F)c1. The first-order chi connectivity index (χ1) is 18.8. The third kappa shape index (κ3) is 6.70. The molecule has 7 heteroatoms. The molecule has 5 rings (SSSR count). The van der Waals surface area contributed by atoms with E-state index in [1.165, 1.54) is 24.3 Å². The van der Waals surface area contributed by atoms with E-state index >= 15 is 0 Å². The van der Waals surface area contributed by atoms with E-state index in [1.54, 1.807) is 24.5 Å². The van der Waals surface area contributed by atoms with Gasteiger partial charge in [-0.1, -0.05) is 29.8 Å². The Kier molecular flexibility index (Phi) is 8.03. The Bertz CT molecular complexity index is 1490. The van der Waals surface area contributed by atoms with E-state index in [1.807, 2.05) is 24.3 Å². The molecule has 196 valence electrons. The van der Waals surface area contributed by atoms with Gasteiger partial charge in [0.15, 0.2) is 0 Å². The molecule has 0 aliphatic rings. The maximum atomic E-state index is 14.0. The minimum atomic E-state index is -0.643. The Hall–Kier alpha value is -4.03. The second kappa shape index (κ2) is 11.8. The number of aromatic nitrogens is 2. The lowest BCUT2D eigenvalue weighted by Crippen LogP contribution is -1.97. The zero-order valence-electron chi connectivity index (χ0n) is 20.8. The molecule has 0 amide bonds. The van der Waals surface area contributed by atoms with Crippen LogP contribution < -0.4 is 0 Å². The van der Waals surface area contributed by atoms with E-state index in [0.29, 0.717) is 16.4 Å². The van der Waals surface area contributed by atoms with Crippen molar-refractivity contribution in [3.05, 3.63) is 142 Å². The van der Waals surface area contributed by atoms with Gasteiger partial charge in [-0.05, 0) is 96.5 Å². The van der Waals surface area contributed by atoms with E-state index in [4.69, 9.17) is 11.6 Å². The summed E-state index contributed by atoms with van der Waals surface area (Å²) in [6, 6.07) is 20.2. The first kappa shape index (κ1) is 26.6. The quantitative estimate of drug-likeness (QED) is 0.182. The van der Waals surface area contributed by atoms with Crippen LogP contribution in [0.5, 0.6) is 0 Å². The van der Waals surface area contributed by atoms with Gasteiger partial charge in [0.2, 0.25) is 0 Å². The summed E-state index contributed by atoms with van der Waals surface area (Å²) in [5.41, 5.74) is 5.58. The van der Waals surface area contributed by atoms with Crippen molar-refractivity contribution in [2.45, 2.75) is 25.7 Å². The van der Waals surface area contributed by atoms with Crippen LogP contribution >= 0.6 is 11.6 Å². The molecular weight excluding hydrogens is 524 g/mol. The van der Waals surface area contributed by atoms with Gasteiger partial charge < -0.3 is 0 Å². The molecule has 39 heavy (non-hydrogen) atoms. The summed E-state index contributed by atoms with van der Waals surface area (Å²) in [4.78, 5) is 8.70. The van der Waals surface area contributed by atoms with Crippen LogP contribution in [0.1, 0.15) is 22.3 Å². The fraction of sp³-hybridized carbons (Fsp3) is 0.125. The van der Waals surface area contributed by atoms with Crippen molar-refractivity contribution < 1.29 is 17.6 Å². The molecule has 0 radical (unpaired) electrons. The van der Waals surface area contributed by atoms with Gasteiger partial charge in [-0.25, -0.2) is 17.6 Å². The molecule has 0 aliphatic heterocycles. The van der Waals surface area contributed by atoms with Crippen molar-refractivity contribution >= 4 is 11.6 Å². The number of pyridine rings is 2. The van der Waals surface area contributed by atoms with Gasteiger partial charge in [-0.15, -0.1) is 0 Å². The highest BCUT2D eigenvalue weighted by atomic mass is 35.5. The highest BCUT2D eigenvalue weighted by Crippen LogP contribution is 2.24. The van der Waals surface area contributed by atoms with Crippen molar-refractivity contribution in [1.29, 1.82) is 0 Å². The van der Waals surface area contributed by atoms with Crippen LogP contribution in [0, 0.1) is 23.3 Å². The topological polar surface area (TPSA) is 25.8 Å². The molecule has 2 heterocycles. The molecule has 0 fully saturated rings. The number of aryl methyl sites for hydroxylation is 4. The maximum absolute atomic E-state index is 14.0. The molecule has 0 saturated carbocycles. The van der Waals surface area contributed by atoms with Gasteiger partial charge in [-0.2, -0.15) is 0 Å². The summed E-state index contributed by atoms with van der Waals surface area (Å²) in [5, 5.41) is 0.656. The lowest BCUT2D eigenvalue weighted by Gasteiger charge is -2.09. The molecule has 2 nitrogen and oxygen atoms in total. The van der Waals surface area contributed by atoms with Crippen LogP contribution in [0.3, 0.4) is 0 Å². The molecule has 5 aromatic rings. The summed E-state index contributed by atoms with van der Waals surface area (Å²) < 4.78 is 54.5. The van der Waals surface area contributed by atoms with Gasteiger partial charge >= 0.3 is 0 Å². The first-order valence-electron chi connectivity index (χ1n) is 12.4. The van der Waals surface area contributed by atoms with Crippen molar-refractivity contribution in [1.82, 2.24) is 9.97 Å². The maximum Gasteiger partial charge on any atom is 0.135 e. The van der Waals surface area contributed by atoms with E-state index < -0.39 is 23.3 Å². The third-order valence-electron chi connectivity index (χ3n) is 6.49. The standard InChI is InChI=1S/C32H23ClF4N2/c33-24-14-22(3-1-20-5-11-31(38-18-20)27-9-7-25(34)16-29(27)36)13-23(15-24)4-2-21-6-12-32(39-19-21)28-10-8-26(35)17-30(28)37/h5-19H,1-4H2. The monoisotopic (exact) mass is 546 g/mol. The lowest BCUT2D eigenvalue weighted by atomic mass is 9.99. The number of nitrogens with zero attached hydrogens (tertiary/aromatic N) is 2. The molecule has 0 unspecified atom stereocenters. The van der Waals surface area contributed by atoms with Gasteiger partial charge in [0.05, 0.1) is 11.4 Å². The van der Waals surface area contributed by atoms with Gasteiger partial charge in [0, 0.05) is 40.7 Å². The second-order valence-corrected chi connectivity index (χ2v) is 9.76. The minimum Gasteiger partial charge on any atom is -0.256 e. The molecule has 0 bridgehead atoms. The number of hydrogen-bond acceptors (Lipinski definition) is 2. The Morgan fingerprint density at radius 2 is 0.923 bits per heavy atom. The molecule has 2 aromatic heterocycles. The highest BCUT2D eigenvalue weighted by Gasteiger charge is 2.10. The molecule has 0 spiro atoms. The second-order valence-electron chi connectivity index (χ2n) is 9.32. The number of benzene rings is 3. The normalized spacial score (nSPS) is 11.1. The van der Waals surface area contributed by atoms with Crippen molar-refractivity contribution in [3.8, 4) is 22.5 Å². The molecule has 0 saturated heterocycles. The van der Waals surface area contributed by atoms with Crippen molar-refractivity contribution in [2.24, 2.45) is 0 Å². The van der Waals surface area contributed by atoms with E-state index in [2.05, 4.69) is 16.0 Å². The van der Waals surface area contributed by atoms with Crippen LogP contribution in [0.4, 0.5) is 17.6 Å². The van der Waals surface area contributed by atoms with Gasteiger partial charge in [0.1, 0.15) is 23.3 Å². The summed E-state index contributed by atoms with van der Waals surface area (Å²) >= 11 is 6.39. The smallest absolute Gasteiger partial charge is 0.135 e. The summed E-state index contributed by atoms with van der Waals surface area (Å²) in [5.74, 6) is -2.53. The average Bonchev–Trinajstić information content (AvgIpc) is 2.91. The van der Waals surface area contributed by atoms with Gasteiger partial charge in [-0.3, -0.25) is 9.97 Å². The third-order valence-corrected chi connectivity index (χ3v) is 6.70. The fourth-order valence-electron chi connectivity index (χ4n) is 4.44.